The highest BCUT2D eigenvalue weighted by atomic mass is 35.5. The summed E-state index contributed by atoms with van der Waals surface area (Å²) in [4.78, 5) is 52.0. The molecule has 5 rings (SSSR count). The van der Waals surface area contributed by atoms with Crippen LogP contribution in [0.5, 0.6) is 5.75 Å². The van der Waals surface area contributed by atoms with Crippen molar-refractivity contribution in [2.45, 2.75) is 50.1 Å². The monoisotopic (exact) mass is 805 g/mol. The fourth-order valence-electron chi connectivity index (χ4n) is 7.14. The molecule has 2 aliphatic heterocycles. The van der Waals surface area contributed by atoms with E-state index in [0.29, 0.717) is 63.8 Å². The van der Waals surface area contributed by atoms with Gasteiger partial charge in [-0.2, -0.15) is 0 Å². The lowest BCUT2D eigenvalue weighted by molar-refractivity contribution is -0.142. The summed E-state index contributed by atoms with van der Waals surface area (Å²) in [5.41, 5.74) is 2.57. The van der Waals surface area contributed by atoms with Crippen LogP contribution in [-0.2, 0) is 16.1 Å². The highest BCUT2D eigenvalue weighted by molar-refractivity contribution is 6.42. The van der Waals surface area contributed by atoms with Gasteiger partial charge in [0.1, 0.15) is 18.9 Å². The number of phenols is 1. The van der Waals surface area contributed by atoms with Gasteiger partial charge in [0, 0.05) is 67.2 Å². The number of hydrogen-bond donors (Lipinski definition) is 2. The molecule has 3 amide bonds. The number of carbonyl (C=O) groups is 3. The summed E-state index contributed by atoms with van der Waals surface area (Å²) in [5, 5.41) is 25.7. The number of hydrogen-bond acceptors (Lipinski definition) is 7. The molecule has 0 aromatic heterocycles. The van der Waals surface area contributed by atoms with E-state index in [1.54, 1.807) is 43.4 Å². The molecule has 1 unspecified atom stereocenters. The van der Waals surface area contributed by atoms with Crippen molar-refractivity contribution in [3.63, 3.8) is 0 Å². The normalized spacial score (nSPS) is 17.1. The molecule has 0 spiro atoms. The van der Waals surface area contributed by atoms with E-state index in [2.05, 4.69) is 10.1 Å². The number of nitrogens with zero attached hydrogens (tertiary/aromatic N) is 5. The van der Waals surface area contributed by atoms with Gasteiger partial charge in [0.25, 0.3) is 5.91 Å². The molecule has 15 heteroatoms. The first kappa shape index (κ1) is 40.4. The van der Waals surface area contributed by atoms with Gasteiger partial charge >= 0.3 is 12.0 Å². The molecule has 2 aliphatic rings. The number of phenolic OH excluding ortho intramolecular Hbond substituents is 1. The number of piperidine rings is 1. The minimum absolute atomic E-state index is 0.0131. The summed E-state index contributed by atoms with van der Waals surface area (Å²) in [6.07, 6.45) is 2.95. The zero-order valence-electron chi connectivity index (χ0n) is 29.6. The third-order valence-corrected chi connectivity index (χ3v) is 11.0. The second-order valence-electron chi connectivity index (χ2n) is 13.4. The molecule has 53 heavy (non-hydrogen) atoms. The van der Waals surface area contributed by atoms with E-state index in [1.807, 2.05) is 17.0 Å². The molecule has 2 N–H and O–H groups in total. The Balaban J connectivity index is 1.25. The third-order valence-electron chi connectivity index (χ3n) is 9.86. The minimum atomic E-state index is -1.06. The van der Waals surface area contributed by atoms with E-state index in [4.69, 9.17) is 51.2 Å². The number of benzene rings is 3. The summed E-state index contributed by atoms with van der Waals surface area (Å²) >= 11 is 25.1. The van der Waals surface area contributed by atoms with Crippen LogP contribution in [0.3, 0.4) is 0 Å². The number of urea groups is 1. The van der Waals surface area contributed by atoms with Gasteiger partial charge in [-0.15, -0.1) is 0 Å². The fraction of sp³-hybridized carbons (Fsp3) is 0.421. The van der Waals surface area contributed by atoms with Gasteiger partial charge < -0.3 is 34.7 Å². The van der Waals surface area contributed by atoms with Crippen LogP contribution >= 0.6 is 46.4 Å². The van der Waals surface area contributed by atoms with Gasteiger partial charge in [-0.1, -0.05) is 69.8 Å². The average Bonchev–Trinajstić information content (AvgIpc) is 3.12. The summed E-state index contributed by atoms with van der Waals surface area (Å²) in [6, 6.07) is 15.3. The van der Waals surface area contributed by atoms with Crippen LogP contribution in [0.15, 0.2) is 65.8 Å². The number of aliphatic carboxylic acids is 1. The Morgan fingerprint density at radius 1 is 0.943 bits per heavy atom. The molecule has 3 aromatic rings. The van der Waals surface area contributed by atoms with Crippen molar-refractivity contribution in [3.05, 3.63) is 97.4 Å². The number of carboxylic acids is 1. The summed E-state index contributed by atoms with van der Waals surface area (Å²) in [6.45, 7) is 3.27. The Morgan fingerprint density at radius 2 is 1.62 bits per heavy atom. The van der Waals surface area contributed by atoms with E-state index in [-0.39, 0.29) is 42.6 Å². The summed E-state index contributed by atoms with van der Waals surface area (Å²) in [5.74, 6) is -1.52. The van der Waals surface area contributed by atoms with Gasteiger partial charge in [0.05, 0.1) is 22.3 Å². The van der Waals surface area contributed by atoms with Crippen LogP contribution in [0.4, 0.5) is 4.79 Å². The molecule has 2 heterocycles. The smallest absolute Gasteiger partial charge is 0.326 e. The van der Waals surface area contributed by atoms with Crippen molar-refractivity contribution in [1.82, 2.24) is 19.6 Å². The maximum atomic E-state index is 13.8. The molecular weight excluding hydrogens is 764 g/mol. The van der Waals surface area contributed by atoms with Crippen LogP contribution in [0.2, 0.25) is 20.1 Å². The predicted molar refractivity (Wildman–Crippen MR) is 208 cm³/mol. The number of amides is 3. The zero-order valence-corrected chi connectivity index (χ0v) is 32.6. The first-order valence-corrected chi connectivity index (χ1v) is 18.9. The Morgan fingerprint density at radius 3 is 2.25 bits per heavy atom. The maximum absolute atomic E-state index is 13.8. The van der Waals surface area contributed by atoms with Gasteiger partial charge in [0.2, 0.25) is 0 Å². The largest absolute Gasteiger partial charge is 0.508 e. The topological polar surface area (TPSA) is 126 Å². The number of halogens is 4. The first-order valence-electron chi connectivity index (χ1n) is 17.4. The van der Waals surface area contributed by atoms with Gasteiger partial charge in [-0.05, 0) is 85.8 Å². The number of carbonyl (C=O) groups excluding carboxylic acids is 2. The quantitative estimate of drug-likeness (QED) is 0.127. The number of rotatable bonds is 14. The Kier molecular flexibility index (Phi) is 14.1. The average molecular weight is 808 g/mol. The molecule has 2 fully saturated rings. The minimum Gasteiger partial charge on any atom is -0.508 e. The van der Waals surface area contributed by atoms with E-state index in [1.165, 1.54) is 29.0 Å². The Bertz CT molecular complexity index is 1780. The van der Waals surface area contributed by atoms with Gasteiger partial charge in [-0.25, -0.2) is 9.59 Å². The number of oxime groups is 1. The maximum Gasteiger partial charge on any atom is 0.326 e. The molecule has 0 radical (unpaired) electrons. The molecule has 0 aliphatic carbocycles. The molecule has 0 bridgehead atoms. The van der Waals surface area contributed by atoms with Crippen molar-refractivity contribution >= 4 is 70.0 Å². The predicted octanol–water partition coefficient (Wildman–Crippen LogP) is 7.54. The lowest BCUT2D eigenvalue weighted by atomic mass is 9.89. The lowest BCUT2D eigenvalue weighted by Crippen LogP contribution is -2.59. The van der Waals surface area contributed by atoms with Crippen LogP contribution in [0.25, 0.3) is 0 Å². The Labute approximate surface area is 329 Å². The molecule has 0 saturated carbocycles. The van der Waals surface area contributed by atoms with Crippen LogP contribution in [0.1, 0.15) is 53.1 Å². The zero-order chi connectivity index (χ0) is 38.2. The molecule has 2 saturated heterocycles. The van der Waals surface area contributed by atoms with Crippen molar-refractivity contribution in [3.8, 4) is 5.75 Å². The summed E-state index contributed by atoms with van der Waals surface area (Å²) < 4.78 is 0. The van der Waals surface area contributed by atoms with E-state index < -0.39 is 12.0 Å². The molecule has 284 valence electrons. The molecule has 3 aromatic carbocycles. The second-order valence-corrected chi connectivity index (χ2v) is 15.1. The second kappa shape index (κ2) is 18.5. The van der Waals surface area contributed by atoms with Crippen LogP contribution in [-0.4, -0.2) is 119 Å². The standard InChI is InChI=1S/C38H43Cl4N5O6/c1-44(36(49)26-19-27(39)22-28(40)20-26)23-34(43-53-2)31(25-6-9-32(41)33(42)21-25)12-17-45-15-10-29(11-16-45)46-13-3-14-47(38(46)52)35(37(50)51)18-24-4-7-30(48)8-5-24/h4-9,19-22,29,31,35,48H,3,10-18,23H2,1-2H3,(H,50,51)/b43-34+/t31?,35-/m0/s1. The van der Waals surface area contributed by atoms with Gasteiger partial charge in [-0.3, -0.25) is 4.79 Å². The molecule has 2 atom stereocenters. The lowest BCUT2D eigenvalue weighted by Gasteiger charge is -2.45. The van der Waals surface area contributed by atoms with Crippen molar-refractivity contribution < 1.29 is 29.4 Å². The van der Waals surface area contributed by atoms with E-state index in [0.717, 1.165) is 37.1 Å². The first-order chi connectivity index (χ1) is 25.3. The number of likely N-dealkylation sites (tertiary alicyclic amines) is 1. The fourth-order valence-corrected chi connectivity index (χ4v) is 7.97. The number of carboxylic acid groups (broad SMARTS) is 1. The van der Waals surface area contributed by atoms with Crippen LogP contribution < -0.4 is 0 Å². The highest BCUT2D eigenvalue weighted by Gasteiger charge is 2.39. The SMILES string of the molecule is CO/N=C(\CN(C)C(=O)c1cc(Cl)cc(Cl)c1)C(CCN1CCC(N2CCCN([C@@H](Cc3ccc(O)cc3)C(=O)O)C2=O)CC1)c1ccc(Cl)c(Cl)c1. The third kappa shape index (κ3) is 10.5. The number of aromatic hydroxyl groups is 1. The summed E-state index contributed by atoms with van der Waals surface area (Å²) in [7, 11) is 3.14. The molecular formula is C38H43Cl4N5O6. The van der Waals surface area contributed by atoms with Crippen molar-refractivity contribution in [1.29, 1.82) is 0 Å². The molecule has 11 nitrogen and oxygen atoms in total. The van der Waals surface area contributed by atoms with Crippen molar-refractivity contribution in [2.24, 2.45) is 5.16 Å². The van der Waals surface area contributed by atoms with Crippen LogP contribution in [0, 0.1) is 0 Å². The van der Waals surface area contributed by atoms with E-state index in [9.17, 15) is 24.6 Å². The Hall–Kier alpha value is -3.74. The van der Waals surface area contributed by atoms with Gasteiger partial charge in [0.15, 0.2) is 0 Å². The van der Waals surface area contributed by atoms with E-state index >= 15 is 0 Å². The van der Waals surface area contributed by atoms with Crippen molar-refractivity contribution in [2.75, 3.05) is 53.4 Å². The highest BCUT2D eigenvalue weighted by Crippen LogP contribution is 2.31.